The first-order valence-electron chi connectivity index (χ1n) is 7.84. The Hall–Kier alpha value is 0.460. The molecule has 0 saturated heterocycles. The standard InChI is InChI=1S/C11H26N.C5H14NO.2ClH/c1-5-6-7-8-9-10-11-12(2,3)4;1-6(2,3)4-5-7;;/h5-11H2,1-4H3;7H,4-5H2,1-3H3;2*1H/q2*+1;;/p-2. The number of quaternary nitrogens is 2. The maximum atomic E-state index is 8.39. The SMILES string of the molecule is CCCCCCCC[N+](C)(C)C.C[N+](C)(C)CCO.[Cl-].[Cl-]. The summed E-state index contributed by atoms with van der Waals surface area (Å²) in [6.07, 6.45) is 8.48. The molecule has 1 N–H and O–H groups in total. The van der Waals surface area contributed by atoms with E-state index in [-0.39, 0.29) is 31.4 Å². The third-order valence-electron chi connectivity index (χ3n) is 2.95. The molecule has 0 spiro atoms. The van der Waals surface area contributed by atoms with Crippen molar-refractivity contribution in [2.24, 2.45) is 0 Å². The highest BCUT2D eigenvalue weighted by Gasteiger charge is 2.04. The first-order valence-corrected chi connectivity index (χ1v) is 7.84. The van der Waals surface area contributed by atoms with Crippen LogP contribution >= 0.6 is 0 Å². The molecule has 0 bridgehead atoms. The van der Waals surface area contributed by atoms with Crippen LogP contribution in [0.1, 0.15) is 45.4 Å². The topological polar surface area (TPSA) is 20.2 Å². The second-order valence-corrected chi connectivity index (χ2v) is 7.52. The van der Waals surface area contributed by atoms with Gasteiger partial charge >= 0.3 is 0 Å². The maximum absolute atomic E-state index is 8.39. The van der Waals surface area contributed by atoms with Gasteiger partial charge in [0.25, 0.3) is 0 Å². The Labute approximate surface area is 146 Å². The molecule has 21 heavy (non-hydrogen) atoms. The van der Waals surface area contributed by atoms with Gasteiger partial charge in [-0.2, -0.15) is 0 Å². The average molecular weight is 347 g/mol. The van der Waals surface area contributed by atoms with E-state index in [2.05, 4.69) is 49.2 Å². The number of halogens is 2. The van der Waals surface area contributed by atoms with Crippen LogP contribution in [0.4, 0.5) is 0 Å². The van der Waals surface area contributed by atoms with Gasteiger partial charge in [-0.25, -0.2) is 0 Å². The highest BCUT2D eigenvalue weighted by molar-refractivity contribution is 4.42. The number of aliphatic hydroxyl groups is 1. The number of rotatable bonds is 9. The summed E-state index contributed by atoms with van der Waals surface area (Å²) in [7, 11) is 13.0. The van der Waals surface area contributed by atoms with E-state index < -0.39 is 0 Å². The van der Waals surface area contributed by atoms with Gasteiger partial charge in [-0.05, 0) is 12.8 Å². The number of hydrogen-bond acceptors (Lipinski definition) is 1. The molecular formula is C16H40Cl2N2O. The Morgan fingerprint density at radius 1 is 0.619 bits per heavy atom. The van der Waals surface area contributed by atoms with Crippen molar-refractivity contribution < 1.29 is 38.9 Å². The molecule has 0 saturated carbocycles. The second kappa shape index (κ2) is 16.8. The van der Waals surface area contributed by atoms with Crippen molar-refractivity contribution in [1.29, 1.82) is 0 Å². The second-order valence-electron chi connectivity index (χ2n) is 7.52. The van der Waals surface area contributed by atoms with Crippen LogP contribution in [0.2, 0.25) is 0 Å². The molecule has 0 rings (SSSR count). The number of hydrogen-bond donors (Lipinski definition) is 1. The van der Waals surface area contributed by atoms with Crippen LogP contribution in [0.25, 0.3) is 0 Å². The largest absolute Gasteiger partial charge is 1.00 e. The minimum atomic E-state index is 0. The zero-order valence-corrected chi connectivity index (χ0v) is 17.0. The van der Waals surface area contributed by atoms with Crippen LogP contribution in [0.5, 0.6) is 0 Å². The van der Waals surface area contributed by atoms with Crippen molar-refractivity contribution in [3.8, 4) is 0 Å². The highest BCUT2D eigenvalue weighted by Crippen LogP contribution is 2.06. The Morgan fingerprint density at radius 2 is 1.00 bits per heavy atom. The Balaban J connectivity index is -0.000000140. The fraction of sp³-hybridized carbons (Fsp3) is 1.00. The van der Waals surface area contributed by atoms with E-state index in [1.165, 1.54) is 45.1 Å². The third kappa shape index (κ3) is 38.5. The highest BCUT2D eigenvalue weighted by atomic mass is 35.5. The lowest BCUT2D eigenvalue weighted by atomic mass is 10.1. The van der Waals surface area contributed by atoms with E-state index in [1.54, 1.807) is 0 Å². The molecular weight excluding hydrogens is 307 g/mol. The monoisotopic (exact) mass is 346 g/mol. The molecule has 0 heterocycles. The molecule has 5 heteroatoms. The molecule has 0 amide bonds. The van der Waals surface area contributed by atoms with Gasteiger partial charge in [-0.1, -0.05) is 32.6 Å². The Bertz CT molecular complexity index is 190. The number of likely N-dealkylation sites (N-methyl/N-ethyl adjacent to an activating group) is 1. The molecule has 0 unspecified atom stereocenters. The average Bonchev–Trinajstić information content (AvgIpc) is 2.21. The minimum absolute atomic E-state index is 0. The summed E-state index contributed by atoms with van der Waals surface area (Å²) in [5.74, 6) is 0. The molecule has 0 aliphatic rings. The predicted molar refractivity (Wildman–Crippen MR) is 86.3 cm³/mol. The summed E-state index contributed by atoms with van der Waals surface area (Å²) in [5, 5.41) is 8.39. The lowest BCUT2D eigenvalue weighted by Gasteiger charge is -2.23. The number of aliphatic hydroxyl groups excluding tert-OH is 1. The summed E-state index contributed by atoms with van der Waals surface area (Å²) in [6.45, 7) is 4.71. The molecule has 0 radical (unpaired) electrons. The lowest BCUT2D eigenvalue weighted by Crippen LogP contribution is -3.00. The van der Waals surface area contributed by atoms with Crippen LogP contribution in [0, 0.1) is 0 Å². The molecule has 0 aliphatic heterocycles. The number of unbranched alkanes of at least 4 members (excludes halogenated alkanes) is 5. The normalized spacial score (nSPS) is 10.9. The maximum Gasteiger partial charge on any atom is 0.101 e. The van der Waals surface area contributed by atoms with E-state index in [1.807, 2.05) is 0 Å². The van der Waals surface area contributed by atoms with Crippen LogP contribution in [0.3, 0.4) is 0 Å². The van der Waals surface area contributed by atoms with Gasteiger partial charge in [-0.15, -0.1) is 0 Å². The molecule has 134 valence electrons. The predicted octanol–water partition coefficient (Wildman–Crippen LogP) is -3.25. The summed E-state index contributed by atoms with van der Waals surface area (Å²) in [5.41, 5.74) is 0. The Kier molecular flexibility index (Phi) is 23.6. The number of nitrogens with zero attached hydrogens (tertiary/aromatic N) is 2. The van der Waals surface area contributed by atoms with Crippen molar-refractivity contribution in [3.63, 3.8) is 0 Å². The fourth-order valence-electron chi connectivity index (χ4n) is 1.67. The minimum Gasteiger partial charge on any atom is -1.00 e. The smallest absolute Gasteiger partial charge is 0.101 e. The van der Waals surface area contributed by atoms with Gasteiger partial charge in [0.05, 0.1) is 55.4 Å². The molecule has 0 atom stereocenters. The van der Waals surface area contributed by atoms with E-state index in [9.17, 15) is 0 Å². The molecule has 0 aromatic heterocycles. The van der Waals surface area contributed by atoms with Crippen LogP contribution in [-0.2, 0) is 0 Å². The molecule has 0 aromatic carbocycles. The van der Waals surface area contributed by atoms with Gasteiger partial charge in [0.15, 0.2) is 0 Å². The summed E-state index contributed by atoms with van der Waals surface area (Å²) < 4.78 is 1.96. The molecule has 3 nitrogen and oxygen atoms in total. The quantitative estimate of drug-likeness (QED) is 0.343. The van der Waals surface area contributed by atoms with Crippen molar-refractivity contribution in [2.45, 2.75) is 45.4 Å². The van der Waals surface area contributed by atoms with E-state index >= 15 is 0 Å². The first-order chi connectivity index (χ1) is 8.62. The van der Waals surface area contributed by atoms with Gasteiger partial charge < -0.3 is 38.9 Å². The molecule has 0 aromatic rings. The summed E-state index contributed by atoms with van der Waals surface area (Å²) >= 11 is 0. The van der Waals surface area contributed by atoms with Crippen molar-refractivity contribution in [3.05, 3.63) is 0 Å². The third-order valence-corrected chi connectivity index (χ3v) is 2.95. The van der Waals surface area contributed by atoms with Gasteiger partial charge in [0, 0.05) is 0 Å². The van der Waals surface area contributed by atoms with Gasteiger partial charge in [0.1, 0.15) is 6.54 Å². The lowest BCUT2D eigenvalue weighted by molar-refractivity contribution is -0.870. The Morgan fingerprint density at radius 3 is 1.29 bits per heavy atom. The van der Waals surface area contributed by atoms with Crippen molar-refractivity contribution in [1.82, 2.24) is 0 Å². The first kappa shape index (κ1) is 29.5. The zero-order valence-electron chi connectivity index (χ0n) is 15.5. The summed E-state index contributed by atoms with van der Waals surface area (Å²) in [4.78, 5) is 0. The molecule has 0 fully saturated rings. The molecule has 0 aliphatic carbocycles. The van der Waals surface area contributed by atoms with E-state index in [0.717, 1.165) is 15.5 Å². The van der Waals surface area contributed by atoms with Crippen molar-refractivity contribution in [2.75, 3.05) is 62.0 Å². The van der Waals surface area contributed by atoms with Crippen LogP contribution < -0.4 is 24.8 Å². The zero-order chi connectivity index (χ0) is 15.4. The van der Waals surface area contributed by atoms with E-state index in [0.29, 0.717) is 0 Å². The van der Waals surface area contributed by atoms with Gasteiger partial charge in [-0.3, -0.25) is 0 Å². The van der Waals surface area contributed by atoms with Gasteiger partial charge in [0.2, 0.25) is 0 Å². The van der Waals surface area contributed by atoms with E-state index in [4.69, 9.17) is 5.11 Å². The van der Waals surface area contributed by atoms with Crippen LogP contribution in [0.15, 0.2) is 0 Å². The fourth-order valence-corrected chi connectivity index (χ4v) is 1.67. The summed E-state index contributed by atoms with van der Waals surface area (Å²) in [6, 6.07) is 0. The van der Waals surface area contributed by atoms with Crippen molar-refractivity contribution >= 4 is 0 Å². The van der Waals surface area contributed by atoms with Crippen LogP contribution in [-0.4, -0.2) is 76.1 Å².